The quantitative estimate of drug-likeness (QED) is 0.821. The van der Waals surface area contributed by atoms with Crippen molar-refractivity contribution in [3.63, 3.8) is 0 Å². The van der Waals surface area contributed by atoms with E-state index in [2.05, 4.69) is 5.32 Å². The van der Waals surface area contributed by atoms with Gasteiger partial charge in [0.05, 0.1) is 0 Å². The number of carbonyl (C=O) groups is 1. The van der Waals surface area contributed by atoms with Crippen molar-refractivity contribution in [2.45, 2.75) is 45.1 Å². The van der Waals surface area contributed by atoms with Crippen LogP contribution in [-0.2, 0) is 0 Å². The van der Waals surface area contributed by atoms with E-state index in [1.54, 1.807) is 4.90 Å². The average Bonchev–Trinajstić information content (AvgIpc) is 2.43. The summed E-state index contributed by atoms with van der Waals surface area (Å²) in [6.45, 7) is 2.64. The highest BCUT2D eigenvalue weighted by Gasteiger charge is 2.19. The highest BCUT2D eigenvalue weighted by atomic mass is 16.2. The molecule has 0 unspecified atom stereocenters. The zero-order chi connectivity index (χ0) is 13.7. The van der Waals surface area contributed by atoms with Gasteiger partial charge in [-0.1, -0.05) is 19.3 Å². The van der Waals surface area contributed by atoms with Gasteiger partial charge < -0.3 is 11.1 Å². The van der Waals surface area contributed by atoms with E-state index in [-0.39, 0.29) is 6.03 Å². The van der Waals surface area contributed by atoms with Crippen molar-refractivity contribution in [2.24, 2.45) is 0 Å². The van der Waals surface area contributed by atoms with E-state index in [1.165, 1.54) is 19.3 Å². The van der Waals surface area contributed by atoms with Gasteiger partial charge in [-0.25, -0.2) is 4.79 Å². The fourth-order valence-corrected chi connectivity index (χ4v) is 2.60. The molecule has 19 heavy (non-hydrogen) atoms. The fourth-order valence-electron chi connectivity index (χ4n) is 2.60. The first-order valence-corrected chi connectivity index (χ1v) is 7.14. The lowest BCUT2D eigenvalue weighted by Crippen LogP contribution is -2.45. The zero-order valence-corrected chi connectivity index (χ0v) is 11.6. The van der Waals surface area contributed by atoms with Crippen LogP contribution in [0.3, 0.4) is 0 Å². The molecule has 0 aliphatic heterocycles. The first-order valence-electron chi connectivity index (χ1n) is 7.14. The summed E-state index contributed by atoms with van der Waals surface area (Å²) in [4.78, 5) is 14.1. The number of rotatable bonds is 3. The standard InChI is InChI=1S/C15H23N3O/c1-2-18(14-10-8-12(16)9-11-14)15(19)17-13-6-4-3-5-7-13/h8-11,13H,2-7,16H2,1H3,(H,17,19). The summed E-state index contributed by atoms with van der Waals surface area (Å²) >= 11 is 0. The van der Waals surface area contributed by atoms with Crippen molar-refractivity contribution < 1.29 is 4.79 Å². The van der Waals surface area contributed by atoms with Crippen molar-refractivity contribution in [3.05, 3.63) is 24.3 Å². The van der Waals surface area contributed by atoms with Crippen molar-refractivity contribution in [3.8, 4) is 0 Å². The summed E-state index contributed by atoms with van der Waals surface area (Å²) in [5.41, 5.74) is 7.28. The normalized spacial score (nSPS) is 16.1. The maximum absolute atomic E-state index is 12.3. The Balaban J connectivity index is 2.00. The lowest BCUT2D eigenvalue weighted by atomic mass is 9.96. The topological polar surface area (TPSA) is 58.4 Å². The van der Waals surface area contributed by atoms with Gasteiger partial charge in [-0.3, -0.25) is 4.90 Å². The number of hydrogen-bond acceptors (Lipinski definition) is 2. The van der Waals surface area contributed by atoms with Gasteiger partial charge in [0.15, 0.2) is 0 Å². The van der Waals surface area contributed by atoms with E-state index in [9.17, 15) is 4.79 Å². The molecule has 3 N–H and O–H groups in total. The van der Waals surface area contributed by atoms with Crippen LogP contribution in [0.1, 0.15) is 39.0 Å². The number of urea groups is 1. The Bertz CT molecular complexity index is 410. The third-order valence-electron chi connectivity index (χ3n) is 3.70. The molecule has 1 fully saturated rings. The molecule has 1 aromatic carbocycles. The van der Waals surface area contributed by atoms with Gasteiger partial charge in [-0.15, -0.1) is 0 Å². The number of nitrogens with zero attached hydrogens (tertiary/aromatic N) is 1. The van der Waals surface area contributed by atoms with Crippen molar-refractivity contribution >= 4 is 17.4 Å². The molecule has 1 aliphatic carbocycles. The number of nitrogen functional groups attached to an aromatic ring is 1. The summed E-state index contributed by atoms with van der Waals surface area (Å²) in [6, 6.07) is 7.76. The van der Waals surface area contributed by atoms with Crippen LogP contribution >= 0.6 is 0 Å². The van der Waals surface area contributed by atoms with Crippen LogP contribution in [0.2, 0.25) is 0 Å². The van der Waals surface area contributed by atoms with E-state index in [1.807, 2.05) is 31.2 Å². The van der Waals surface area contributed by atoms with Crippen LogP contribution in [0, 0.1) is 0 Å². The lowest BCUT2D eigenvalue weighted by molar-refractivity contribution is 0.238. The number of nitrogens with two attached hydrogens (primary N) is 1. The molecule has 0 radical (unpaired) electrons. The van der Waals surface area contributed by atoms with E-state index >= 15 is 0 Å². The molecule has 1 aromatic rings. The molecule has 0 spiro atoms. The third-order valence-corrected chi connectivity index (χ3v) is 3.70. The maximum atomic E-state index is 12.3. The highest BCUT2D eigenvalue weighted by Crippen LogP contribution is 2.19. The Hall–Kier alpha value is -1.71. The number of nitrogens with one attached hydrogen (secondary N) is 1. The summed E-state index contributed by atoms with van der Waals surface area (Å²) in [7, 11) is 0. The van der Waals surface area contributed by atoms with Crippen molar-refractivity contribution in [1.82, 2.24) is 5.32 Å². The van der Waals surface area contributed by atoms with Gasteiger partial charge in [-0.05, 0) is 44.0 Å². The minimum absolute atomic E-state index is 0.000767. The minimum Gasteiger partial charge on any atom is -0.399 e. The van der Waals surface area contributed by atoms with E-state index in [4.69, 9.17) is 5.73 Å². The van der Waals surface area contributed by atoms with Crippen LogP contribution in [0.25, 0.3) is 0 Å². The van der Waals surface area contributed by atoms with Gasteiger partial charge in [0, 0.05) is 24.0 Å². The lowest BCUT2D eigenvalue weighted by Gasteiger charge is -2.27. The first-order chi connectivity index (χ1) is 9.20. The minimum atomic E-state index is -0.000767. The zero-order valence-electron chi connectivity index (χ0n) is 11.6. The third kappa shape index (κ3) is 3.63. The number of hydrogen-bond donors (Lipinski definition) is 2. The second-order valence-corrected chi connectivity index (χ2v) is 5.12. The number of amides is 2. The van der Waals surface area contributed by atoms with Gasteiger partial charge in [0.25, 0.3) is 0 Å². The molecule has 0 atom stereocenters. The van der Waals surface area contributed by atoms with Crippen LogP contribution < -0.4 is 16.0 Å². The molecule has 2 amide bonds. The summed E-state index contributed by atoms with van der Waals surface area (Å²) in [5, 5.41) is 3.14. The smallest absolute Gasteiger partial charge is 0.322 e. The highest BCUT2D eigenvalue weighted by molar-refractivity contribution is 5.92. The second kappa shape index (κ2) is 6.45. The molecule has 2 rings (SSSR count). The van der Waals surface area contributed by atoms with E-state index in [0.29, 0.717) is 18.3 Å². The average molecular weight is 261 g/mol. The summed E-state index contributed by atoms with van der Waals surface area (Å²) in [6.07, 6.45) is 5.94. The van der Waals surface area contributed by atoms with Gasteiger partial charge in [0.2, 0.25) is 0 Å². The predicted molar refractivity (Wildman–Crippen MR) is 79.3 cm³/mol. The molecule has 0 bridgehead atoms. The molecule has 4 nitrogen and oxygen atoms in total. The molecular weight excluding hydrogens is 238 g/mol. The molecule has 0 aromatic heterocycles. The number of benzene rings is 1. The van der Waals surface area contributed by atoms with Gasteiger partial charge in [-0.2, -0.15) is 0 Å². The SMILES string of the molecule is CCN(C(=O)NC1CCCCC1)c1ccc(N)cc1. The Morgan fingerprint density at radius 3 is 2.47 bits per heavy atom. The first kappa shape index (κ1) is 13.7. The Labute approximate surface area is 115 Å². The molecule has 1 saturated carbocycles. The number of anilines is 2. The Morgan fingerprint density at radius 2 is 1.89 bits per heavy atom. The monoisotopic (exact) mass is 261 g/mol. The van der Waals surface area contributed by atoms with Gasteiger partial charge >= 0.3 is 6.03 Å². The largest absolute Gasteiger partial charge is 0.399 e. The van der Waals surface area contributed by atoms with Gasteiger partial charge in [0.1, 0.15) is 0 Å². The van der Waals surface area contributed by atoms with Crippen LogP contribution in [0.5, 0.6) is 0 Å². The predicted octanol–water partition coefficient (Wildman–Crippen LogP) is 3.14. The van der Waals surface area contributed by atoms with Crippen LogP contribution in [0.4, 0.5) is 16.2 Å². The van der Waals surface area contributed by atoms with Crippen LogP contribution in [-0.4, -0.2) is 18.6 Å². The fraction of sp³-hybridized carbons (Fsp3) is 0.533. The van der Waals surface area contributed by atoms with Crippen molar-refractivity contribution in [1.29, 1.82) is 0 Å². The molecule has 4 heteroatoms. The molecule has 1 aliphatic rings. The molecule has 104 valence electrons. The summed E-state index contributed by atoms with van der Waals surface area (Å²) in [5.74, 6) is 0. The molecular formula is C15H23N3O. The summed E-state index contributed by atoms with van der Waals surface area (Å²) < 4.78 is 0. The number of carbonyl (C=O) groups excluding carboxylic acids is 1. The van der Waals surface area contributed by atoms with Crippen molar-refractivity contribution in [2.75, 3.05) is 17.2 Å². The Morgan fingerprint density at radius 1 is 1.26 bits per heavy atom. The maximum Gasteiger partial charge on any atom is 0.322 e. The van der Waals surface area contributed by atoms with E-state index in [0.717, 1.165) is 18.5 Å². The second-order valence-electron chi connectivity index (χ2n) is 5.12. The molecule has 0 heterocycles. The van der Waals surface area contributed by atoms with Crippen LogP contribution in [0.15, 0.2) is 24.3 Å². The molecule has 0 saturated heterocycles. The van der Waals surface area contributed by atoms with E-state index < -0.39 is 0 Å². The Kier molecular flexibility index (Phi) is 4.66.